The van der Waals surface area contributed by atoms with E-state index < -0.39 is 0 Å². The first-order valence-electron chi connectivity index (χ1n) is 18.7. The zero-order valence-electron chi connectivity index (χ0n) is 29.9. The number of benzene rings is 9. The molecule has 256 valence electrons. The number of para-hydroxylation sites is 1. The molecule has 11 aromatic rings. The summed E-state index contributed by atoms with van der Waals surface area (Å²) < 4.78 is 2.22. The average Bonchev–Trinajstić information content (AvgIpc) is 3.65. The number of hydrogen-bond acceptors (Lipinski definition) is 2. The second-order valence-corrected chi connectivity index (χ2v) is 14.2. The third-order valence-corrected chi connectivity index (χ3v) is 11.0. The molecule has 0 radical (unpaired) electrons. The Kier molecular flexibility index (Phi) is 7.17. The van der Waals surface area contributed by atoms with Crippen LogP contribution in [0, 0.1) is 0 Å². The van der Waals surface area contributed by atoms with E-state index in [0.717, 1.165) is 33.7 Å². The SMILES string of the molecule is c1ccc(-n2c(-c3ccc(-c4ccc5c(-c6ccc7ccccc7c6)c6ccccc6c(-c6ccc7ccccc7c6)c5c4)cc3)nc3cnccc32)cc1. The van der Waals surface area contributed by atoms with Gasteiger partial charge in [0.15, 0.2) is 0 Å². The van der Waals surface area contributed by atoms with Gasteiger partial charge in [0.1, 0.15) is 11.3 Å². The van der Waals surface area contributed by atoms with Gasteiger partial charge in [0.05, 0.1) is 11.7 Å². The molecule has 0 aliphatic heterocycles. The van der Waals surface area contributed by atoms with Gasteiger partial charge in [0.2, 0.25) is 0 Å². The fourth-order valence-electron chi connectivity index (χ4n) is 8.45. The Morgan fingerprint density at radius 3 is 1.56 bits per heavy atom. The van der Waals surface area contributed by atoms with Crippen molar-refractivity contribution in [3.63, 3.8) is 0 Å². The van der Waals surface area contributed by atoms with Crippen LogP contribution in [-0.4, -0.2) is 14.5 Å². The highest BCUT2D eigenvalue weighted by molar-refractivity contribution is 6.22. The topological polar surface area (TPSA) is 30.7 Å². The molecule has 2 heterocycles. The van der Waals surface area contributed by atoms with Crippen molar-refractivity contribution in [3.05, 3.63) is 200 Å². The molecule has 11 rings (SSSR count). The summed E-state index contributed by atoms with van der Waals surface area (Å²) in [7, 11) is 0. The lowest BCUT2D eigenvalue weighted by Crippen LogP contribution is -1.97. The largest absolute Gasteiger partial charge is 0.292 e. The maximum Gasteiger partial charge on any atom is 0.145 e. The van der Waals surface area contributed by atoms with Gasteiger partial charge in [0.25, 0.3) is 0 Å². The van der Waals surface area contributed by atoms with Crippen molar-refractivity contribution >= 4 is 54.1 Å². The molecule has 0 aliphatic rings. The molecule has 0 N–H and O–H groups in total. The average molecular weight is 700 g/mol. The first kappa shape index (κ1) is 31.2. The molecule has 9 aromatic carbocycles. The monoisotopic (exact) mass is 699 g/mol. The maximum atomic E-state index is 5.06. The summed E-state index contributed by atoms with van der Waals surface area (Å²) in [6.45, 7) is 0. The lowest BCUT2D eigenvalue weighted by molar-refractivity contribution is 1.10. The highest BCUT2D eigenvalue weighted by Crippen LogP contribution is 2.46. The van der Waals surface area contributed by atoms with Gasteiger partial charge < -0.3 is 0 Å². The molecule has 3 nitrogen and oxygen atoms in total. The first-order valence-corrected chi connectivity index (χ1v) is 18.7. The molecule has 3 heteroatoms. The standard InChI is InChI=1S/C52H33N3/c1-2-14-43(15-3-1)55-49-28-29-53-33-48(49)54-52(55)37-22-18-36(19-23-37)40-26-27-46-47(32-40)51(42-25-21-35-11-5-7-13-39(35)31-42)45-17-9-8-16-44(45)50(46)41-24-20-34-10-4-6-12-38(34)30-41/h1-33H. The number of aromatic nitrogens is 3. The molecule has 0 unspecified atom stereocenters. The summed E-state index contributed by atoms with van der Waals surface area (Å²) in [4.78, 5) is 9.42. The third kappa shape index (κ3) is 5.20. The van der Waals surface area contributed by atoms with Crippen molar-refractivity contribution in [2.45, 2.75) is 0 Å². The van der Waals surface area contributed by atoms with Crippen LogP contribution >= 0.6 is 0 Å². The molecule has 55 heavy (non-hydrogen) atoms. The lowest BCUT2D eigenvalue weighted by Gasteiger charge is -2.19. The first-order chi connectivity index (χ1) is 27.3. The number of nitrogens with zero attached hydrogens (tertiary/aromatic N) is 3. The van der Waals surface area contributed by atoms with Crippen molar-refractivity contribution in [2.75, 3.05) is 0 Å². The van der Waals surface area contributed by atoms with Crippen molar-refractivity contribution in [1.29, 1.82) is 0 Å². The molecule has 0 aliphatic carbocycles. The summed E-state index contributed by atoms with van der Waals surface area (Å²) in [5.74, 6) is 0.893. The van der Waals surface area contributed by atoms with Crippen LogP contribution in [0.25, 0.3) is 105 Å². The lowest BCUT2D eigenvalue weighted by atomic mass is 9.84. The van der Waals surface area contributed by atoms with Gasteiger partial charge in [-0.05, 0) is 113 Å². The van der Waals surface area contributed by atoms with Crippen molar-refractivity contribution in [3.8, 4) is 50.5 Å². The van der Waals surface area contributed by atoms with Gasteiger partial charge in [-0.1, -0.05) is 152 Å². The number of rotatable bonds is 5. The van der Waals surface area contributed by atoms with Gasteiger partial charge in [-0.2, -0.15) is 0 Å². The summed E-state index contributed by atoms with van der Waals surface area (Å²) >= 11 is 0. The van der Waals surface area contributed by atoms with Gasteiger partial charge >= 0.3 is 0 Å². The van der Waals surface area contributed by atoms with E-state index in [1.54, 1.807) is 0 Å². The number of imidazole rings is 1. The molecule has 0 saturated carbocycles. The van der Waals surface area contributed by atoms with Crippen LogP contribution in [0.15, 0.2) is 200 Å². The predicted molar refractivity (Wildman–Crippen MR) is 231 cm³/mol. The Bertz CT molecular complexity index is 3250. The molecule has 0 atom stereocenters. The summed E-state index contributed by atoms with van der Waals surface area (Å²) in [6.07, 6.45) is 3.67. The Morgan fingerprint density at radius 2 is 0.891 bits per heavy atom. The predicted octanol–water partition coefficient (Wildman–Crippen LogP) is 13.7. The van der Waals surface area contributed by atoms with Gasteiger partial charge in [-0.3, -0.25) is 9.55 Å². The normalized spacial score (nSPS) is 11.6. The van der Waals surface area contributed by atoms with E-state index in [4.69, 9.17) is 4.98 Å². The fourth-order valence-corrected chi connectivity index (χ4v) is 8.45. The molecule has 0 fully saturated rings. The van der Waals surface area contributed by atoms with E-state index in [1.165, 1.54) is 70.9 Å². The van der Waals surface area contributed by atoms with E-state index in [9.17, 15) is 0 Å². The second-order valence-electron chi connectivity index (χ2n) is 14.2. The molecule has 0 saturated heterocycles. The van der Waals surface area contributed by atoms with Gasteiger partial charge in [-0.15, -0.1) is 0 Å². The minimum atomic E-state index is 0.871. The van der Waals surface area contributed by atoms with Crippen molar-refractivity contribution < 1.29 is 0 Å². The minimum absolute atomic E-state index is 0.871. The number of hydrogen-bond donors (Lipinski definition) is 0. The maximum absolute atomic E-state index is 5.06. The van der Waals surface area contributed by atoms with E-state index in [-0.39, 0.29) is 0 Å². The van der Waals surface area contributed by atoms with Crippen LogP contribution in [0.4, 0.5) is 0 Å². The highest BCUT2D eigenvalue weighted by Gasteiger charge is 2.19. The molecular weight excluding hydrogens is 667 g/mol. The Morgan fingerprint density at radius 1 is 0.364 bits per heavy atom. The number of pyridine rings is 1. The van der Waals surface area contributed by atoms with Crippen LogP contribution in [0.3, 0.4) is 0 Å². The number of fused-ring (bicyclic) bond motifs is 5. The van der Waals surface area contributed by atoms with Crippen LogP contribution in [0.5, 0.6) is 0 Å². The van der Waals surface area contributed by atoms with Crippen LogP contribution in [0.2, 0.25) is 0 Å². The van der Waals surface area contributed by atoms with E-state index >= 15 is 0 Å². The second kappa shape index (κ2) is 12.6. The third-order valence-electron chi connectivity index (χ3n) is 11.0. The van der Waals surface area contributed by atoms with E-state index in [2.05, 4.69) is 185 Å². The van der Waals surface area contributed by atoms with Gasteiger partial charge in [0, 0.05) is 17.4 Å². The van der Waals surface area contributed by atoms with Crippen LogP contribution < -0.4 is 0 Å². The fraction of sp³-hybridized carbons (Fsp3) is 0. The Balaban J connectivity index is 1.12. The summed E-state index contributed by atoms with van der Waals surface area (Å²) in [5.41, 5.74) is 11.3. The smallest absolute Gasteiger partial charge is 0.145 e. The molecule has 0 bridgehead atoms. The molecule has 0 spiro atoms. The Labute approximate surface area is 318 Å². The summed E-state index contributed by atoms with van der Waals surface area (Å²) in [6, 6.07) is 68.2. The van der Waals surface area contributed by atoms with Crippen LogP contribution in [0.1, 0.15) is 0 Å². The molecular formula is C52H33N3. The molecule has 0 amide bonds. The van der Waals surface area contributed by atoms with Crippen molar-refractivity contribution in [1.82, 2.24) is 14.5 Å². The van der Waals surface area contributed by atoms with Crippen LogP contribution in [-0.2, 0) is 0 Å². The van der Waals surface area contributed by atoms with Crippen molar-refractivity contribution in [2.24, 2.45) is 0 Å². The highest BCUT2D eigenvalue weighted by atomic mass is 15.1. The Hall–Kier alpha value is -7.36. The van der Waals surface area contributed by atoms with E-state index in [0.29, 0.717) is 0 Å². The zero-order valence-corrected chi connectivity index (χ0v) is 29.9. The summed E-state index contributed by atoms with van der Waals surface area (Å²) in [5, 5.41) is 9.93. The minimum Gasteiger partial charge on any atom is -0.292 e. The van der Waals surface area contributed by atoms with E-state index in [1.807, 2.05) is 24.5 Å². The molecule has 2 aromatic heterocycles. The van der Waals surface area contributed by atoms with Gasteiger partial charge in [-0.25, -0.2) is 4.98 Å². The quantitative estimate of drug-likeness (QED) is 0.167. The zero-order chi connectivity index (χ0) is 36.3.